The van der Waals surface area contributed by atoms with Crippen LogP contribution >= 0.6 is 0 Å². The van der Waals surface area contributed by atoms with E-state index in [1.165, 1.54) is 13.2 Å². The molecule has 2 N–H and O–H groups in total. The summed E-state index contributed by atoms with van der Waals surface area (Å²) in [6, 6.07) is 11.3. The molecule has 1 aliphatic heterocycles. The minimum atomic E-state index is -0.691. The molecule has 7 nitrogen and oxygen atoms in total. The molecule has 128 valence electrons. The fourth-order valence-corrected chi connectivity index (χ4v) is 2.45. The molecule has 0 spiro atoms. The van der Waals surface area contributed by atoms with Gasteiger partial charge < -0.3 is 20.1 Å². The lowest BCUT2D eigenvalue weighted by Crippen LogP contribution is -2.35. The minimum absolute atomic E-state index is 0.268. The lowest BCUT2D eigenvalue weighted by molar-refractivity contribution is -0.122. The van der Waals surface area contributed by atoms with Crippen molar-refractivity contribution in [2.45, 2.75) is 13.0 Å². The third-order valence-corrected chi connectivity index (χ3v) is 3.72. The Morgan fingerprint density at radius 3 is 2.72 bits per heavy atom. The summed E-state index contributed by atoms with van der Waals surface area (Å²) < 4.78 is 10.2. The summed E-state index contributed by atoms with van der Waals surface area (Å²) >= 11 is 0. The number of carbonyl (C=O) groups excluding carboxylic acids is 3. The van der Waals surface area contributed by atoms with E-state index in [0.29, 0.717) is 22.7 Å². The van der Waals surface area contributed by atoms with Gasteiger partial charge >= 0.3 is 5.97 Å². The van der Waals surface area contributed by atoms with Crippen LogP contribution in [0.5, 0.6) is 5.75 Å². The Kier molecular flexibility index (Phi) is 4.38. The summed E-state index contributed by atoms with van der Waals surface area (Å²) in [6.07, 6.45) is -0.691. The lowest BCUT2D eigenvalue weighted by atomic mass is 10.1. The Balaban J connectivity index is 1.87. The molecular formula is C18H16N2O5. The summed E-state index contributed by atoms with van der Waals surface area (Å²) in [4.78, 5) is 35.9. The van der Waals surface area contributed by atoms with Crippen LogP contribution in [0, 0.1) is 0 Å². The SMILES string of the molecule is COC(=O)c1cccc(NC(=O)c2cccc3c2OC(C)C(=O)N3)c1. The molecule has 0 fully saturated rings. The van der Waals surface area contributed by atoms with Crippen molar-refractivity contribution < 1.29 is 23.9 Å². The van der Waals surface area contributed by atoms with E-state index in [1.807, 2.05) is 0 Å². The highest BCUT2D eigenvalue weighted by Gasteiger charge is 2.27. The zero-order valence-electron chi connectivity index (χ0n) is 13.7. The van der Waals surface area contributed by atoms with Crippen molar-refractivity contribution in [3.8, 4) is 5.75 Å². The molecule has 1 atom stereocenters. The van der Waals surface area contributed by atoms with Crippen molar-refractivity contribution >= 4 is 29.2 Å². The quantitative estimate of drug-likeness (QED) is 0.837. The molecule has 1 aliphatic rings. The summed E-state index contributed by atoms with van der Waals surface area (Å²) in [5.41, 5.74) is 1.50. The van der Waals surface area contributed by atoms with Gasteiger partial charge in [-0.15, -0.1) is 0 Å². The lowest BCUT2D eigenvalue weighted by Gasteiger charge is -2.25. The van der Waals surface area contributed by atoms with Gasteiger partial charge in [0.15, 0.2) is 11.9 Å². The van der Waals surface area contributed by atoms with E-state index in [1.54, 1.807) is 43.3 Å². The maximum absolute atomic E-state index is 12.6. The Morgan fingerprint density at radius 1 is 1.20 bits per heavy atom. The van der Waals surface area contributed by atoms with E-state index < -0.39 is 18.0 Å². The minimum Gasteiger partial charge on any atom is -0.478 e. The van der Waals surface area contributed by atoms with E-state index in [0.717, 1.165) is 0 Å². The number of anilines is 2. The molecular weight excluding hydrogens is 324 g/mol. The second-order valence-corrected chi connectivity index (χ2v) is 5.46. The van der Waals surface area contributed by atoms with E-state index in [-0.39, 0.29) is 11.5 Å². The number of fused-ring (bicyclic) bond motifs is 1. The normalized spacial score (nSPS) is 15.4. The number of methoxy groups -OCH3 is 1. The molecule has 1 unspecified atom stereocenters. The van der Waals surface area contributed by atoms with Crippen LogP contribution in [0.2, 0.25) is 0 Å². The number of hydrogen-bond acceptors (Lipinski definition) is 5. The standard InChI is InChI=1S/C18H16N2O5/c1-10-16(21)20-14-8-4-7-13(15(14)25-10)17(22)19-12-6-3-5-11(9-12)18(23)24-2/h3-10H,1-2H3,(H,19,22)(H,20,21). The van der Waals surface area contributed by atoms with Gasteiger partial charge in [-0.25, -0.2) is 4.79 Å². The largest absolute Gasteiger partial charge is 0.478 e. The average molecular weight is 340 g/mol. The molecule has 1 heterocycles. The third kappa shape index (κ3) is 3.30. The Morgan fingerprint density at radius 2 is 1.96 bits per heavy atom. The molecule has 0 saturated carbocycles. The van der Waals surface area contributed by atoms with Crippen LogP contribution in [0.15, 0.2) is 42.5 Å². The molecule has 0 aliphatic carbocycles. The number of amides is 2. The predicted octanol–water partition coefficient (Wildman–Crippen LogP) is 2.44. The Bertz CT molecular complexity index is 862. The summed E-state index contributed by atoms with van der Waals surface area (Å²) in [5, 5.41) is 5.41. The van der Waals surface area contributed by atoms with Crippen LogP contribution in [0.25, 0.3) is 0 Å². The zero-order chi connectivity index (χ0) is 18.0. The van der Waals surface area contributed by atoms with Gasteiger partial charge in [-0.3, -0.25) is 9.59 Å². The first-order valence-corrected chi connectivity index (χ1v) is 7.60. The number of rotatable bonds is 3. The predicted molar refractivity (Wildman–Crippen MR) is 90.9 cm³/mol. The van der Waals surface area contributed by atoms with Crippen LogP contribution < -0.4 is 15.4 Å². The Hall–Kier alpha value is -3.35. The van der Waals surface area contributed by atoms with Crippen molar-refractivity contribution in [1.29, 1.82) is 0 Å². The molecule has 25 heavy (non-hydrogen) atoms. The molecule has 2 aromatic rings. The van der Waals surface area contributed by atoms with Crippen molar-refractivity contribution in [1.82, 2.24) is 0 Å². The second-order valence-electron chi connectivity index (χ2n) is 5.46. The maximum Gasteiger partial charge on any atom is 0.337 e. The number of carbonyl (C=O) groups is 3. The molecule has 0 bridgehead atoms. The first-order chi connectivity index (χ1) is 12.0. The molecule has 2 amide bonds. The van der Waals surface area contributed by atoms with Gasteiger partial charge in [-0.1, -0.05) is 12.1 Å². The number of para-hydroxylation sites is 1. The summed E-state index contributed by atoms with van der Waals surface area (Å²) in [7, 11) is 1.29. The molecule has 0 radical (unpaired) electrons. The van der Waals surface area contributed by atoms with Crippen molar-refractivity contribution in [2.24, 2.45) is 0 Å². The summed E-state index contributed by atoms with van der Waals surface area (Å²) in [6.45, 7) is 1.60. The highest BCUT2D eigenvalue weighted by molar-refractivity contribution is 6.09. The van der Waals surface area contributed by atoms with Crippen molar-refractivity contribution in [2.75, 3.05) is 17.7 Å². The molecule has 2 aromatic carbocycles. The number of esters is 1. The van der Waals surface area contributed by atoms with Crippen molar-refractivity contribution in [3.63, 3.8) is 0 Å². The van der Waals surface area contributed by atoms with Gasteiger partial charge in [0.05, 0.1) is 23.9 Å². The molecule has 0 saturated heterocycles. The van der Waals surface area contributed by atoms with Crippen LogP contribution in [0.3, 0.4) is 0 Å². The first-order valence-electron chi connectivity index (χ1n) is 7.60. The average Bonchev–Trinajstić information content (AvgIpc) is 2.61. The van der Waals surface area contributed by atoms with Gasteiger partial charge in [0.2, 0.25) is 0 Å². The Labute approximate surface area is 143 Å². The number of hydrogen-bond donors (Lipinski definition) is 2. The van der Waals surface area contributed by atoms with Gasteiger partial charge in [0.25, 0.3) is 11.8 Å². The van der Waals surface area contributed by atoms with Crippen molar-refractivity contribution in [3.05, 3.63) is 53.6 Å². The number of nitrogens with one attached hydrogen (secondary N) is 2. The van der Waals surface area contributed by atoms with Crippen LogP contribution in [-0.2, 0) is 9.53 Å². The maximum atomic E-state index is 12.6. The fraction of sp³-hybridized carbons (Fsp3) is 0.167. The van der Waals surface area contributed by atoms with E-state index in [9.17, 15) is 14.4 Å². The highest BCUT2D eigenvalue weighted by Crippen LogP contribution is 2.33. The summed E-state index contributed by atoms with van der Waals surface area (Å²) in [5.74, 6) is -0.859. The van der Waals surface area contributed by atoms with Crippen LogP contribution in [0.4, 0.5) is 11.4 Å². The second kappa shape index (κ2) is 6.64. The van der Waals surface area contributed by atoms with Gasteiger partial charge in [-0.05, 0) is 37.3 Å². The van der Waals surface area contributed by atoms with E-state index in [2.05, 4.69) is 15.4 Å². The smallest absolute Gasteiger partial charge is 0.337 e. The first kappa shape index (κ1) is 16.5. The van der Waals surface area contributed by atoms with Crippen LogP contribution in [-0.4, -0.2) is 31.0 Å². The van der Waals surface area contributed by atoms with Gasteiger partial charge in [0.1, 0.15) is 0 Å². The molecule has 7 heteroatoms. The van der Waals surface area contributed by atoms with Gasteiger partial charge in [0, 0.05) is 5.69 Å². The number of benzene rings is 2. The zero-order valence-corrected chi connectivity index (χ0v) is 13.7. The number of ether oxygens (including phenoxy) is 2. The van der Waals surface area contributed by atoms with E-state index >= 15 is 0 Å². The van der Waals surface area contributed by atoms with E-state index in [4.69, 9.17) is 4.74 Å². The van der Waals surface area contributed by atoms with Crippen LogP contribution in [0.1, 0.15) is 27.6 Å². The van der Waals surface area contributed by atoms with Gasteiger partial charge in [-0.2, -0.15) is 0 Å². The third-order valence-electron chi connectivity index (χ3n) is 3.72. The molecule has 0 aromatic heterocycles. The topological polar surface area (TPSA) is 93.7 Å². The highest BCUT2D eigenvalue weighted by atomic mass is 16.5. The fourth-order valence-electron chi connectivity index (χ4n) is 2.45. The monoisotopic (exact) mass is 340 g/mol. The molecule has 3 rings (SSSR count).